The van der Waals surface area contributed by atoms with Crippen molar-refractivity contribution in [1.82, 2.24) is 10.2 Å². The summed E-state index contributed by atoms with van der Waals surface area (Å²) in [5, 5.41) is 10.8. The van der Waals surface area contributed by atoms with Gasteiger partial charge in [0.1, 0.15) is 0 Å². The lowest BCUT2D eigenvalue weighted by molar-refractivity contribution is -0.137. The number of halogens is 3. The van der Waals surface area contributed by atoms with Crippen LogP contribution in [0.1, 0.15) is 18.4 Å². The number of carbonyl (C=O) groups is 2. The fraction of sp³-hybridized carbons (Fsp3) is 0.429. The molecule has 8 heteroatoms. The van der Waals surface area contributed by atoms with Crippen LogP contribution >= 0.6 is 0 Å². The monoisotopic (exact) mass is 318 g/mol. The Labute approximate surface area is 125 Å². The maximum Gasteiger partial charge on any atom is 0.390 e. The van der Waals surface area contributed by atoms with Gasteiger partial charge in [0.05, 0.1) is 12.8 Å². The summed E-state index contributed by atoms with van der Waals surface area (Å²) in [6.45, 7) is -0.599. The lowest BCUT2D eigenvalue weighted by Gasteiger charge is -2.23. The predicted octanol–water partition coefficient (Wildman–Crippen LogP) is 2.63. The summed E-state index contributed by atoms with van der Waals surface area (Å²) in [6, 6.07) is 7.89. The second kappa shape index (κ2) is 8.26. The van der Waals surface area contributed by atoms with Crippen molar-refractivity contribution in [2.45, 2.75) is 25.6 Å². The molecule has 0 spiro atoms. The lowest BCUT2D eigenvalue weighted by atomic mass is 10.2. The molecule has 1 aromatic rings. The van der Waals surface area contributed by atoms with Crippen molar-refractivity contribution >= 4 is 12.0 Å². The summed E-state index contributed by atoms with van der Waals surface area (Å²) in [6.07, 6.45) is -5.77. The summed E-state index contributed by atoms with van der Waals surface area (Å²) in [4.78, 5) is 23.3. The van der Waals surface area contributed by atoms with Gasteiger partial charge in [-0.3, -0.25) is 4.79 Å². The number of nitrogens with zero attached hydrogens (tertiary/aromatic N) is 1. The maximum absolute atomic E-state index is 12.3. The van der Waals surface area contributed by atoms with Gasteiger partial charge >= 0.3 is 18.2 Å². The third-order valence-electron chi connectivity index (χ3n) is 2.78. The molecule has 22 heavy (non-hydrogen) atoms. The first kappa shape index (κ1) is 17.8. The summed E-state index contributed by atoms with van der Waals surface area (Å²) in [5.74, 6) is -1.09. The van der Waals surface area contributed by atoms with Crippen LogP contribution < -0.4 is 5.32 Å². The van der Waals surface area contributed by atoms with E-state index in [-0.39, 0.29) is 19.5 Å². The largest absolute Gasteiger partial charge is 0.481 e. The number of alkyl halides is 3. The molecule has 2 amide bonds. The number of urea groups is 1. The number of nitrogens with one attached hydrogen (secondary N) is 1. The van der Waals surface area contributed by atoms with Crippen LogP contribution in [0.2, 0.25) is 0 Å². The second-order valence-corrected chi connectivity index (χ2v) is 4.65. The predicted molar refractivity (Wildman–Crippen MR) is 73.2 cm³/mol. The van der Waals surface area contributed by atoms with Crippen molar-refractivity contribution in [3.63, 3.8) is 0 Å². The Morgan fingerprint density at radius 2 is 1.82 bits per heavy atom. The zero-order chi connectivity index (χ0) is 16.6. The molecule has 0 bridgehead atoms. The topological polar surface area (TPSA) is 69.6 Å². The summed E-state index contributed by atoms with van der Waals surface area (Å²) < 4.78 is 37.0. The highest BCUT2D eigenvalue weighted by Gasteiger charge is 2.29. The van der Waals surface area contributed by atoms with E-state index in [1.807, 2.05) is 0 Å². The van der Waals surface area contributed by atoms with Crippen molar-refractivity contribution in [2.75, 3.05) is 13.1 Å². The standard InChI is InChI=1S/C14H17F3N2O3/c15-14(16,17)7-9-19(10-11-4-2-1-3-5-11)13(22)18-8-6-12(20)21/h1-5H,6-10H2,(H,18,22)(H,20,21). The molecule has 122 valence electrons. The molecule has 0 saturated carbocycles. The molecule has 0 aliphatic rings. The zero-order valence-electron chi connectivity index (χ0n) is 11.8. The first-order valence-corrected chi connectivity index (χ1v) is 6.63. The van der Waals surface area contributed by atoms with E-state index in [1.165, 1.54) is 0 Å². The van der Waals surface area contributed by atoms with Crippen molar-refractivity contribution in [3.05, 3.63) is 35.9 Å². The van der Waals surface area contributed by atoms with Gasteiger partial charge in [-0.25, -0.2) is 4.79 Å². The second-order valence-electron chi connectivity index (χ2n) is 4.65. The number of benzene rings is 1. The maximum atomic E-state index is 12.3. The highest BCUT2D eigenvalue weighted by atomic mass is 19.4. The average molecular weight is 318 g/mol. The first-order valence-electron chi connectivity index (χ1n) is 6.63. The van der Waals surface area contributed by atoms with Gasteiger partial charge < -0.3 is 15.3 Å². The quantitative estimate of drug-likeness (QED) is 0.812. The van der Waals surface area contributed by atoms with Crippen molar-refractivity contribution in [1.29, 1.82) is 0 Å². The third kappa shape index (κ3) is 7.51. The van der Waals surface area contributed by atoms with Crippen molar-refractivity contribution < 1.29 is 27.9 Å². The number of carbonyl (C=O) groups excluding carboxylic acids is 1. The molecule has 0 aliphatic carbocycles. The van der Waals surface area contributed by atoms with E-state index in [2.05, 4.69) is 5.32 Å². The lowest BCUT2D eigenvalue weighted by Crippen LogP contribution is -2.41. The molecule has 0 unspecified atom stereocenters. The molecule has 1 rings (SSSR count). The Kier molecular flexibility index (Phi) is 6.68. The summed E-state index contributed by atoms with van der Waals surface area (Å²) in [5.41, 5.74) is 0.693. The molecular weight excluding hydrogens is 301 g/mol. The Morgan fingerprint density at radius 3 is 2.36 bits per heavy atom. The number of carboxylic acid groups (broad SMARTS) is 1. The van der Waals surface area contributed by atoms with Crippen LogP contribution in [-0.2, 0) is 11.3 Å². The van der Waals surface area contributed by atoms with Gasteiger partial charge in [0.2, 0.25) is 0 Å². The molecule has 5 nitrogen and oxygen atoms in total. The van der Waals surface area contributed by atoms with Crippen LogP contribution in [0.3, 0.4) is 0 Å². The number of amides is 2. The molecule has 0 saturated heterocycles. The van der Waals surface area contributed by atoms with E-state index in [4.69, 9.17) is 5.11 Å². The van der Waals surface area contributed by atoms with E-state index in [1.54, 1.807) is 30.3 Å². The van der Waals surface area contributed by atoms with E-state index in [9.17, 15) is 22.8 Å². The summed E-state index contributed by atoms with van der Waals surface area (Å²) in [7, 11) is 0. The molecule has 0 radical (unpaired) electrons. The van der Waals surface area contributed by atoms with Gasteiger partial charge in [0, 0.05) is 19.6 Å². The fourth-order valence-electron chi connectivity index (χ4n) is 1.71. The number of aliphatic carboxylic acids is 1. The molecular formula is C14H17F3N2O3. The molecule has 2 N–H and O–H groups in total. The zero-order valence-corrected chi connectivity index (χ0v) is 11.8. The SMILES string of the molecule is O=C(O)CCNC(=O)N(CCC(F)(F)F)Cc1ccccc1. The van der Waals surface area contributed by atoms with Crippen LogP contribution in [0.5, 0.6) is 0 Å². The first-order chi connectivity index (χ1) is 10.3. The van der Waals surface area contributed by atoms with Gasteiger partial charge in [-0.05, 0) is 5.56 Å². The van der Waals surface area contributed by atoms with Gasteiger partial charge in [0.15, 0.2) is 0 Å². The molecule has 0 atom stereocenters. The number of carboxylic acids is 1. The Bertz CT molecular complexity index is 492. The van der Waals surface area contributed by atoms with Gasteiger partial charge in [0.25, 0.3) is 0 Å². The molecule has 0 aromatic heterocycles. The highest BCUT2D eigenvalue weighted by Crippen LogP contribution is 2.20. The van der Waals surface area contributed by atoms with Crippen molar-refractivity contribution in [2.24, 2.45) is 0 Å². The van der Waals surface area contributed by atoms with Crippen LogP contribution in [-0.4, -0.2) is 41.3 Å². The third-order valence-corrected chi connectivity index (χ3v) is 2.78. The van der Waals surface area contributed by atoms with E-state index in [0.717, 1.165) is 4.90 Å². The minimum atomic E-state index is -4.36. The molecule has 0 heterocycles. The minimum absolute atomic E-state index is 0.0236. The van der Waals surface area contributed by atoms with Gasteiger partial charge in [-0.15, -0.1) is 0 Å². The molecule has 1 aromatic carbocycles. The normalized spacial score (nSPS) is 11.0. The fourth-order valence-corrected chi connectivity index (χ4v) is 1.71. The van der Waals surface area contributed by atoms with Crippen LogP contribution in [0, 0.1) is 0 Å². The smallest absolute Gasteiger partial charge is 0.390 e. The average Bonchev–Trinajstić information content (AvgIpc) is 2.43. The Balaban J connectivity index is 2.64. The Morgan fingerprint density at radius 1 is 1.18 bits per heavy atom. The molecule has 0 aliphatic heterocycles. The number of hydrogen-bond donors (Lipinski definition) is 2. The van der Waals surface area contributed by atoms with Crippen molar-refractivity contribution in [3.8, 4) is 0 Å². The Hall–Kier alpha value is -2.25. The van der Waals surface area contributed by atoms with Gasteiger partial charge in [-0.1, -0.05) is 30.3 Å². The van der Waals surface area contributed by atoms with Gasteiger partial charge in [-0.2, -0.15) is 13.2 Å². The van der Waals surface area contributed by atoms with E-state index < -0.39 is 31.1 Å². The minimum Gasteiger partial charge on any atom is -0.481 e. The highest BCUT2D eigenvalue weighted by molar-refractivity contribution is 5.75. The number of hydrogen-bond acceptors (Lipinski definition) is 2. The van der Waals surface area contributed by atoms with E-state index in [0.29, 0.717) is 5.56 Å². The van der Waals surface area contributed by atoms with E-state index >= 15 is 0 Å². The van der Waals surface area contributed by atoms with Crippen LogP contribution in [0.15, 0.2) is 30.3 Å². The van der Waals surface area contributed by atoms with Crippen LogP contribution in [0.4, 0.5) is 18.0 Å². The summed E-state index contributed by atoms with van der Waals surface area (Å²) >= 11 is 0. The molecule has 0 fully saturated rings. The van der Waals surface area contributed by atoms with Crippen LogP contribution in [0.25, 0.3) is 0 Å². The number of rotatable bonds is 7.